The van der Waals surface area contributed by atoms with Crippen LogP contribution in [-0.4, -0.2) is 28.8 Å². The SMILES string of the molecule is CN(C(=O)c1cc(-n2c(=O)[nH]c3cccc(C=O)c3c2=O)c(Cl)s1)c1cccc(F)c1. The normalized spacial score (nSPS) is 10.9. The summed E-state index contributed by atoms with van der Waals surface area (Å²) in [5.74, 6) is -0.995. The van der Waals surface area contributed by atoms with Crippen molar-refractivity contribution in [2.24, 2.45) is 0 Å². The first-order chi connectivity index (χ1) is 14.8. The Labute approximate surface area is 182 Å². The lowest BCUT2D eigenvalue weighted by atomic mass is 10.1. The zero-order chi connectivity index (χ0) is 22.3. The van der Waals surface area contributed by atoms with Crippen molar-refractivity contribution in [2.45, 2.75) is 0 Å². The van der Waals surface area contributed by atoms with Crippen LogP contribution in [0.1, 0.15) is 20.0 Å². The molecule has 31 heavy (non-hydrogen) atoms. The van der Waals surface area contributed by atoms with Gasteiger partial charge in [-0.05, 0) is 30.3 Å². The summed E-state index contributed by atoms with van der Waals surface area (Å²) in [6, 6.07) is 11.3. The third-order valence-corrected chi connectivity index (χ3v) is 6.03. The molecule has 2 heterocycles. The number of hydrogen-bond acceptors (Lipinski definition) is 5. The predicted octanol–water partition coefficient (Wildman–Crippen LogP) is 3.62. The molecule has 2 aromatic heterocycles. The van der Waals surface area contributed by atoms with E-state index in [1.165, 1.54) is 48.3 Å². The highest BCUT2D eigenvalue weighted by Gasteiger charge is 2.22. The summed E-state index contributed by atoms with van der Waals surface area (Å²) in [6.07, 6.45) is 0.518. The van der Waals surface area contributed by atoms with Crippen LogP contribution >= 0.6 is 22.9 Å². The van der Waals surface area contributed by atoms with E-state index in [-0.39, 0.29) is 31.4 Å². The van der Waals surface area contributed by atoms with Gasteiger partial charge in [0.1, 0.15) is 10.2 Å². The summed E-state index contributed by atoms with van der Waals surface area (Å²) in [5.41, 5.74) is -0.842. The molecule has 0 unspecified atom stereocenters. The molecule has 2 aromatic carbocycles. The maximum absolute atomic E-state index is 13.5. The second kappa shape index (κ2) is 7.93. The number of H-pyrrole nitrogens is 1. The van der Waals surface area contributed by atoms with Gasteiger partial charge in [0.05, 0.1) is 21.5 Å². The number of amides is 1. The zero-order valence-corrected chi connectivity index (χ0v) is 17.5. The van der Waals surface area contributed by atoms with E-state index in [9.17, 15) is 23.6 Å². The van der Waals surface area contributed by atoms with E-state index >= 15 is 0 Å². The molecular formula is C21H13ClFN3O4S. The second-order valence-electron chi connectivity index (χ2n) is 6.57. The molecule has 0 spiro atoms. The predicted molar refractivity (Wildman–Crippen MR) is 118 cm³/mol. The average Bonchev–Trinajstić information content (AvgIpc) is 3.13. The lowest BCUT2D eigenvalue weighted by Crippen LogP contribution is -2.34. The van der Waals surface area contributed by atoms with E-state index in [1.54, 1.807) is 12.1 Å². The maximum Gasteiger partial charge on any atom is 0.333 e. The molecule has 156 valence electrons. The van der Waals surface area contributed by atoms with Crippen molar-refractivity contribution in [2.75, 3.05) is 11.9 Å². The summed E-state index contributed by atoms with van der Waals surface area (Å²) < 4.78 is 14.3. The van der Waals surface area contributed by atoms with Crippen LogP contribution in [0.25, 0.3) is 16.6 Å². The Kier molecular flexibility index (Phi) is 5.30. The molecule has 0 aliphatic heterocycles. The number of hydrogen-bond donors (Lipinski definition) is 1. The van der Waals surface area contributed by atoms with Crippen LogP contribution < -0.4 is 16.1 Å². The van der Waals surface area contributed by atoms with Gasteiger partial charge in [0, 0.05) is 18.3 Å². The standard InChI is InChI=1S/C21H13ClFN3O4S/c1-25(13-6-3-5-12(23)8-13)19(28)16-9-15(18(22)31-16)26-20(29)17-11(10-27)4-2-7-14(17)24-21(26)30/h2-10H,1H3,(H,24,30). The highest BCUT2D eigenvalue weighted by molar-refractivity contribution is 7.18. The van der Waals surface area contributed by atoms with Gasteiger partial charge in [-0.15, -0.1) is 11.3 Å². The zero-order valence-electron chi connectivity index (χ0n) is 15.9. The molecule has 4 rings (SSSR count). The van der Waals surface area contributed by atoms with Crippen molar-refractivity contribution >= 4 is 51.7 Å². The van der Waals surface area contributed by atoms with Gasteiger partial charge in [-0.2, -0.15) is 0 Å². The monoisotopic (exact) mass is 457 g/mol. The fourth-order valence-electron chi connectivity index (χ4n) is 3.19. The van der Waals surface area contributed by atoms with Crippen molar-refractivity contribution in [1.82, 2.24) is 9.55 Å². The number of rotatable bonds is 4. The number of halogens is 2. The van der Waals surface area contributed by atoms with Crippen LogP contribution in [0.4, 0.5) is 10.1 Å². The third-order valence-electron chi connectivity index (χ3n) is 4.71. The Balaban J connectivity index is 1.84. The molecule has 0 bridgehead atoms. The first kappa shape index (κ1) is 20.7. The van der Waals surface area contributed by atoms with Gasteiger partial charge in [0.15, 0.2) is 6.29 Å². The van der Waals surface area contributed by atoms with E-state index in [0.717, 1.165) is 15.9 Å². The summed E-state index contributed by atoms with van der Waals surface area (Å²) >= 11 is 7.15. The fraction of sp³-hybridized carbons (Fsp3) is 0.0476. The van der Waals surface area contributed by atoms with Gasteiger partial charge in [-0.3, -0.25) is 14.4 Å². The van der Waals surface area contributed by atoms with Gasteiger partial charge in [0.2, 0.25) is 0 Å². The lowest BCUT2D eigenvalue weighted by Gasteiger charge is -2.16. The first-order valence-electron chi connectivity index (χ1n) is 8.88. The third kappa shape index (κ3) is 3.58. The Morgan fingerprint density at radius 1 is 1.19 bits per heavy atom. The number of nitrogens with zero attached hydrogens (tertiary/aromatic N) is 2. The molecule has 0 fully saturated rings. The minimum atomic E-state index is -0.766. The number of thiophene rings is 1. The Morgan fingerprint density at radius 3 is 2.65 bits per heavy atom. The van der Waals surface area contributed by atoms with Crippen molar-refractivity contribution in [1.29, 1.82) is 0 Å². The van der Waals surface area contributed by atoms with Crippen LogP contribution in [-0.2, 0) is 0 Å². The number of aldehydes is 1. The Bertz CT molecular complexity index is 1470. The Morgan fingerprint density at radius 2 is 1.94 bits per heavy atom. The summed E-state index contributed by atoms with van der Waals surface area (Å²) in [4.78, 5) is 53.8. The van der Waals surface area contributed by atoms with Crippen molar-refractivity contribution in [3.8, 4) is 5.69 Å². The summed E-state index contributed by atoms with van der Waals surface area (Å²) in [7, 11) is 1.47. The van der Waals surface area contributed by atoms with E-state index in [0.29, 0.717) is 12.0 Å². The first-order valence-corrected chi connectivity index (χ1v) is 10.1. The van der Waals surface area contributed by atoms with Gasteiger partial charge < -0.3 is 9.88 Å². The Hall–Kier alpha value is -3.56. The molecule has 1 N–H and O–H groups in total. The molecule has 7 nitrogen and oxygen atoms in total. The molecule has 0 atom stereocenters. The van der Waals surface area contributed by atoms with Crippen LogP contribution in [0.3, 0.4) is 0 Å². The fourth-order valence-corrected chi connectivity index (χ4v) is 4.42. The molecule has 0 aliphatic carbocycles. The van der Waals surface area contributed by atoms with Crippen molar-refractivity contribution in [3.63, 3.8) is 0 Å². The van der Waals surface area contributed by atoms with E-state index in [4.69, 9.17) is 11.6 Å². The van der Waals surface area contributed by atoms with Crippen LogP contribution in [0.15, 0.2) is 58.1 Å². The number of carbonyl (C=O) groups is 2. The molecule has 10 heteroatoms. The number of aromatic amines is 1. The van der Waals surface area contributed by atoms with E-state index in [1.807, 2.05) is 0 Å². The number of nitrogens with one attached hydrogen (secondary N) is 1. The largest absolute Gasteiger partial charge is 0.333 e. The lowest BCUT2D eigenvalue weighted by molar-refractivity contribution is 0.0996. The van der Waals surface area contributed by atoms with Crippen molar-refractivity contribution in [3.05, 3.63) is 90.0 Å². The highest BCUT2D eigenvalue weighted by Crippen LogP contribution is 2.31. The van der Waals surface area contributed by atoms with Gasteiger partial charge in [-0.1, -0.05) is 29.8 Å². The molecule has 1 amide bonds. The molecule has 0 saturated heterocycles. The summed E-state index contributed by atoms with van der Waals surface area (Å²) in [6.45, 7) is 0. The number of fused-ring (bicyclic) bond motifs is 1. The van der Waals surface area contributed by atoms with Gasteiger partial charge in [-0.25, -0.2) is 13.8 Å². The average molecular weight is 458 g/mol. The molecule has 4 aromatic rings. The molecular weight excluding hydrogens is 445 g/mol. The quantitative estimate of drug-likeness (QED) is 0.474. The highest BCUT2D eigenvalue weighted by atomic mass is 35.5. The van der Waals surface area contributed by atoms with E-state index < -0.39 is 23.0 Å². The minimum absolute atomic E-state index is 0.0107. The van der Waals surface area contributed by atoms with Gasteiger partial charge >= 0.3 is 5.69 Å². The topological polar surface area (TPSA) is 92.2 Å². The van der Waals surface area contributed by atoms with E-state index in [2.05, 4.69) is 4.98 Å². The van der Waals surface area contributed by atoms with Crippen LogP contribution in [0.5, 0.6) is 0 Å². The number of benzene rings is 2. The molecule has 0 aliphatic rings. The van der Waals surface area contributed by atoms with Crippen LogP contribution in [0, 0.1) is 5.82 Å². The van der Waals surface area contributed by atoms with Gasteiger partial charge in [0.25, 0.3) is 11.5 Å². The number of carbonyl (C=O) groups excluding carboxylic acids is 2. The minimum Gasteiger partial charge on any atom is -0.311 e. The molecule has 0 radical (unpaired) electrons. The summed E-state index contributed by atoms with van der Waals surface area (Å²) in [5, 5.41) is 0.0316. The second-order valence-corrected chi connectivity index (χ2v) is 8.23. The molecule has 0 saturated carbocycles. The smallest absolute Gasteiger partial charge is 0.311 e. The van der Waals surface area contributed by atoms with Crippen molar-refractivity contribution < 1.29 is 14.0 Å². The van der Waals surface area contributed by atoms with Crippen LogP contribution in [0.2, 0.25) is 4.34 Å². The maximum atomic E-state index is 13.5. The number of anilines is 1. The number of aromatic nitrogens is 2.